The number of carbonyl (C=O) groups excluding carboxylic acids is 2. The van der Waals surface area contributed by atoms with Crippen LogP contribution in [0.2, 0.25) is 0 Å². The molecule has 0 radical (unpaired) electrons. The second-order valence-electron chi connectivity index (χ2n) is 9.31. The van der Waals surface area contributed by atoms with Crippen LogP contribution in [0.3, 0.4) is 0 Å². The molecule has 0 saturated carbocycles. The van der Waals surface area contributed by atoms with Crippen LogP contribution in [0, 0.1) is 6.92 Å². The van der Waals surface area contributed by atoms with Crippen LogP contribution in [0.5, 0.6) is 0 Å². The van der Waals surface area contributed by atoms with E-state index in [9.17, 15) is 18.0 Å². The lowest BCUT2D eigenvalue weighted by Crippen LogP contribution is -2.54. The average molecular weight is 474 g/mol. The molecule has 2 amide bonds. The van der Waals surface area contributed by atoms with Crippen molar-refractivity contribution in [2.45, 2.75) is 57.5 Å². The monoisotopic (exact) mass is 473 g/mol. The molecule has 0 aliphatic rings. The van der Waals surface area contributed by atoms with Crippen molar-refractivity contribution in [1.29, 1.82) is 0 Å². The molecular formula is C25H35N3O4S. The first-order valence-corrected chi connectivity index (χ1v) is 12.4. The first-order chi connectivity index (χ1) is 15.3. The quantitative estimate of drug-likeness (QED) is 0.607. The topological polar surface area (TPSA) is 86.8 Å². The van der Waals surface area contributed by atoms with E-state index in [0.717, 1.165) is 15.4 Å². The van der Waals surface area contributed by atoms with Gasteiger partial charge in [0, 0.05) is 19.1 Å². The van der Waals surface area contributed by atoms with Crippen LogP contribution in [0.25, 0.3) is 0 Å². The third-order valence-electron chi connectivity index (χ3n) is 5.24. The molecule has 2 aromatic carbocycles. The van der Waals surface area contributed by atoms with E-state index in [-0.39, 0.29) is 17.3 Å². The number of hydrogen-bond donors (Lipinski definition) is 1. The molecule has 0 spiro atoms. The maximum absolute atomic E-state index is 13.3. The van der Waals surface area contributed by atoms with Gasteiger partial charge >= 0.3 is 0 Å². The van der Waals surface area contributed by atoms with E-state index in [4.69, 9.17) is 0 Å². The van der Waals surface area contributed by atoms with E-state index in [1.54, 1.807) is 19.1 Å². The van der Waals surface area contributed by atoms with Gasteiger partial charge in [-0.2, -0.15) is 4.31 Å². The highest BCUT2D eigenvalue weighted by molar-refractivity contribution is 7.89. The minimum atomic E-state index is -3.84. The number of carbonyl (C=O) groups is 2. The van der Waals surface area contributed by atoms with E-state index in [2.05, 4.69) is 5.32 Å². The Morgan fingerprint density at radius 3 is 2.12 bits per heavy atom. The van der Waals surface area contributed by atoms with Crippen LogP contribution in [-0.2, 0) is 26.0 Å². The lowest BCUT2D eigenvalue weighted by molar-refractivity contribution is -0.140. The Bertz CT molecular complexity index is 1050. The van der Waals surface area contributed by atoms with Crippen molar-refractivity contribution in [2.24, 2.45) is 0 Å². The molecule has 0 fully saturated rings. The Labute approximate surface area is 197 Å². The molecule has 8 heteroatoms. The molecule has 1 atom stereocenters. The largest absolute Gasteiger partial charge is 0.350 e. The molecular weight excluding hydrogens is 438 g/mol. The van der Waals surface area contributed by atoms with Crippen LogP contribution < -0.4 is 5.32 Å². The Hall–Kier alpha value is -2.71. The normalized spacial score (nSPS) is 12.9. The number of amides is 2. The minimum Gasteiger partial charge on any atom is -0.350 e. The van der Waals surface area contributed by atoms with Crippen LogP contribution in [0.4, 0.5) is 0 Å². The highest BCUT2D eigenvalue weighted by atomic mass is 32.2. The lowest BCUT2D eigenvalue weighted by Gasteiger charge is -2.32. The van der Waals surface area contributed by atoms with Crippen LogP contribution in [0.1, 0.15) is 38.8 Å². The van der Waals surface area contributed by atoms with Gasteiger partial charge in [-0.05, 0) is 58.7 Å². The Morgan fingerprint density at radius 1 is 1.00 bits per heavy atom. The molecule has 0 saturated heterocycles. The first kappa shape index (κ1) is 26.5. The van der Waals surface area contributed by atoms with Gasteiger partial charge in [0.1, 0.15) is 6.04 Å². The average Bonchev–Trinajstić information content (AvgIpc) is 2.73. The molecule has 1 unspecified atom stereocenters. The van der Waals surface area contributed by atoms with Crippen LogP contribution in [0.15, 0.2) is 59.5 Å². The summed E-state index contributed by atoms with van der Waals surface area (Å²) in [7, 11) is -2.46. The number of benzene rings is 2. The first-order valence-electron chi connectivity index (χ1n) is 11.0. The summed E-state index contributed by atoms with van der Waals surface area (Å²) in [6.07, 6.45) is 0.550. The second kappa shape index (κ2) is 10.9. The highest BCUT2D eigenvalue weighted by Gasteiger charge is 2.31. The maximum Gasteiger partial charge on any atom is 0.243 e. The van der Waals surface area contributed by atoms with Gasteiger partial charge in [0.15, 0.2) is 0 Å². The number of sulfonamides is 1. The van der Waals surface area contributed by atoms with Crippen molar-refractivity contribution in [1.82, 2.24) is 14.5 Å². The fourth-order valence-electron chi connectivity index (χ4n) is 3.30. The van der Waals surface area contributed by atoms with Crippen molar-refractivity contribution in [3.05, 3.63) is 65.7 Å². The fraction of sp³-hybridized carbons (Fsp3) is 0.440. The third-order valence-corrected chi connectivity index (χ3v) is 7.05. The van der Waals surface area contributed by atoms with Gasteiger partial charge in [0.2, 0.25) is 21.8 Å². The van der Waals surface area contributed by atoms with Gasteiger partial charge in [0.05, 0.1) is 11.4 Å². The van der Waals surface area contributed by atoms with Gasteiger partial charge in [-0.15, -0.1) is 0 Å². The summed E-state index contributed by atoms with van der Waals surface area (Å²) in [4.78, 5) is 27.6. The van der Waals surface area contributed by atoms with Gasteiger partial charge in [-0.25, -0.2) is 8.42 Å². The number of rotatable bonds is 9. The molecule has 7 nitrogen and oxygen atoms in total. The second-order valence-corrected chi connectivity index (χ2v) is 11.4. The predicted octanol–water partition coefficient (Wildman–Crippen LogP) is 2.99. The molecule has 0 heterocycles. The molecule has 2 aromatic rings. The predicted molar refractivity (Wildman–Crippen MR) is 130 cm³/mol. The van der Waals surface area contributed by atoms with Gasteiger partial charge in [-0.1, -0.05) is 48.0 Å². The summed E-state index contributed by atoms with van der Waals surface area (Å²) < 4.78 is 26.9. The van der Waals surface area contributed by atoms with Crippen molar-refractivity contribution in [3.8, 4) is 0 Å². The van der Waals surface area contributed by atoms with Gasteiger partial charge < -0.3 is 10.2 Å². The van der Waals surface area contributed by atoms with Crippen molar-refractivity contribution in [3.63, 3.8) is 0 Å². The van der Waals surface area contributed by atoms with E-state index >= 15 is 0 Å². The van der Waals surface area contributed by atoms with E-state index in [1.165, 1.54) is 24.1 Å². The van der Waals surface area contributed by atoms with Crippen molar-refractivity contribution in [2.75, 3.05) is 20.1 Å². The van der Waals surface area contributed by atoms with Crippen molar-refractivity contribution < 1.29 is 18.0 Å². The molecule has 2 rings (SSSR count). The minimum absolute atomic E-state index is 0.123. The lowest BCUT2D eigenvalue weighted by atomic mass is 10.1. The van der Waals surface area contributed by atoms with E-state index in [0.29, 0.717) is 13.0 Å². The molecule has 180 valence electrons. The summed E-state index contributed by atoms with van der Waals surface area (Å²) in [6.45, 7) is 9.08. The molecule has 33 heavy (non-hydrogen) atoms. The summed E-state index contributed by atoms with van der Waals surface area (Å²) in [6, 6.07) is 15.4. The molecule has 0 bridgehead atoms. The summed E-state index contributed by atoms with van der Waals surface area (Å²) in [5.74, 6) is -0.714. The van der Waals surface area contributed by atoms with Crippen LogP contribution >= 0.6 is 0 Å². The Kier molecular flexibility index (Phi) is 8.80. The Morgan fingerprint density at radius 2 is 1.58 bits per heavy atom. The zero-order chi connectivity index (χ0) is 24.8. The SMILES string of the molecule is Cc1ccc(S(=O)(=O)N(C)CC(=O)N(CCc2ccccc2)C(C)C(=O)NC(C)(C)C)cc1. The van der Waals surface area contributed by atoms with E-state index in [1.807, 2.05) is 58.0 Å². The molecule has 0 aromatic heterocycles. The van der Waals surface area contributed by atoms with Crippen LogP contribution in [-0.4, -0.2) is 61.2 Å². The number of nitrogens with one attached hydrogen (secondary N) is 1. The molecule has 0 aliphatic heterocycles. The highest BCUT2D eigenvalue weighted by Crippen LogP contribution is 2.16. The Balaban J connectivity index is 2.22. The molecule has 0 aliphatic carbocycles. The van der Waals surface area contributed by atoms with Gasteiger partial charge in [-0.3, -0.25) is 9.59 Å². The smallest absolute Gasteiger partial charge is 0.243 e. The number of aryl methyl sites for hydroxylation is 1. The number of nitrogens with zero attached hydrogens (tertiary/aromatic N) is 2. The standard InChI is InChI=1S/C25H35N3O4S/c1-19-12-14-22(15-13-19)33(31,32)27(6)18-23(29)28(17-16-21-10-8-7-9-11-21)20(2)24(30)26-25(3,4)5/h7-15,20H,16-18H2,1-6H3,(H,26,30). The number of hydrogen-bond acceptors (Lipinski definition) is 4. The number of likely N-dealkylation sites (N-methyl/N-ethyl adjacent to an activating group) is 1. The van der Waals surface area contributed by atoms with E-state index < -0.39 is 27.5 Å². The maximum atomic E-state index is 13.3. The fourth-order valence-corrected chi connectivity index (χ4v) is 4.42. The van der Waals surface area contributed by atoms with Gasteiger partial charge in [0.25, 0.3) is 0 Å². The zero-order valence-corrected chi connectivity index (χ0v) is 21.1. The zero-order valence-electron chi connectivity index (χ0n) is 20.3. The summed E-state index contributed by atoms with van der Waals surface area (Å²) in [5.41, 5.74) is 1.52. The summed E-state index contributed by atoms with van der Waals surface area (Å²) in [5, 5.41) is 2.90. The van der Waals surface area contributed by atoms with Crippen molar-refractivity contribution >= 4 is 21.8 Å². The molecule has 1 N–H and O–H groups in total. The third kappa shape index (κ3) is 7.68. The summed E-state index contributed by atoms with van der Waals surface area (Å²) >= 11 is 0.